The van der Waals surface area contributed by atoms with Crippen molar-refractivity contribution in [1.29, 1.82) is 0 Å². The van der Waals surface area contributed by atoms with Crippen LogP contribution in [0.25, 0.3) is 11.0 Å². The van der Waals surface area contributed by atoms with Gasteiger partial charge in [-0.25, -0.2) is 0 Å². The molecule has 0 saturated carbocycles. The molecule has 3 aromatic rings. The first-order chi connectivity index (χ1) is 11.6. The van der Waals surface area contributed by atoms with Crippen LogP contribution in [0, 0.1) is 0 Å². The van der Waals surface area contributed by atoms with Crippen LogP contribution in [0.15, 0.2) is 52.9 Å². The Morgan fingerprint density at radius 1 is 1.25 bits per heavy atom. The van der Waals surface area contributed by atoms with Gasteiger partial charge in [0.05, 0.1) is 12.6 Å². The number of carbonyl (C=O) groups excluding carboxylic acids is 1. The van der Waals surface area contributed by atoms with Crippen molar-refractivity contribution in [3.05, 3.63) is 70.4 Å². The molecule has 3 rings (SSSR count). The van der Waals surface area contributed by atoms with Gasteiger partial charge in [-0.15, -0.1) is 0 Å². The third-order valence-electron chi connectivity index (χ3n) is 3.89. The normalized spacial score (nSPS) is 12.3. The Hall–Kier alpha value is -2.30. The van der Waals surface area contributed by atoms with E-state index >= 15 is 0 Å². The predicted molar refractivity (Wildman–Crippen MR) is 94.3 cm³/mol. The second-order valence-corrected chi connectivity index (χ2v) is 6.03. The van der Waals surface area contributed by atoms with E-state index in [0.29, 0.717) is 17.2 Å². The topological polar surface area (TPSA) is 51.5 Å². The van der Waals surface area contributed by atoms with Crippen molar-refractivity contribution in [1.82, 2.24) is 5.32 Å². The van der Waals surface area contributed by atoms with Gasteiger partial charge in [0, 0.05) is 23.1 Å². The lowest BCUT2D eigenvalue weighted by molar-refractivity contribution is 0.0907. The van der Waals surface area contributed by atoms with E-state index in [0.717, 1.165) is 16.5 Å². The highest BCUT2D eigenvalue weighted by Gasteiger charge is 2.22. The summed E-state index contributed by atoms with van der Waals surface area (Å²) in [7, 11) is 1.60. The van der Waals surface area contributed by atoms with Crippen LogP contribution in [0.5, 0.6) is 0 Å². The molecular formula is C19H18ClNO3. The zero-order valence-electron chi connectivity index (χ0n) is 13.5. The van der Waals surface area contributed by atoms with E-state index < -0.39 is 0 Å². The molecule has 5 heteroatoms. The summed E-state index contributed by atoms with van der Waals surface area (Å²) in [5.74, 6) is 0.0117. The minimum Gasteiger partial charge on any atom is -0.451 e. The van der Waals surface area contributed by atoms with Gasteiger partial charge in [0.25, 0.3) is 5.91 Å². The molecule has 124 valence electrons. The maximum atomic E-state index is 12.7. The number of halogens is 1. The van der Waals surface area contributed by atoms with Crippen LogP contribution in [-0.4, -0.2) is 13.0 Å². The molecule has 1 unspecified atom stereocenters. The van der Waals surface area contributed by atoms with Crippen molar-refractivity contribution in [2.75, 3.05) is 7.11 Å². The fraction of sp³-hybridized carbons (Fsp3) is 0.211. The minimum atomic E-state index is -0.272. The van der Waals surface area contributed by atoms with E-state index in [2.05, 4.69) is 5.32 Å². The summed E-state index contributed by atoms with van der Waals surface area (Å²) >= 11 is 6.01. The van der Waals surface area contributed by atoms with Crippen molar-refractivity contribution >= 4 is 28.5 Å². The van der Waals surface area contributed by atoms with E-state index in [1.165, 1.54) is 0 Å². The number of nitrogens with one attached hydrogen (secondary N) is 1. The molecule has 1 N–H and O–H groups in total. The van der Waals surface area contributed by atoms with Crippen LogP contribution in [0.4, 0.5) is 0 Å². The van der Waals surface area contributed by atoms with Crippen LogP contribution in [0.1, 0.15) is 34.6 Å². The lowest BCUT2D eigenvalue weighted by Crippen LogP contribution is -2.27. The van der Waals surface area contributed by atoms with Gasteiger partial charge in [-0.1, -0.05) is 41.9 Å². The lowest BCUT2D eigenvalue weighted by Gasteiger charge is -2.14. The largest absolute Gasteiger partial charge is 0.451 e. The summed E-state index contributed by atoms with van der Waals surface area (Å²) in [6.45, 7) is 2.22. The third-order valence-corrected chi connectivity index (χ3v) is 4.12. The zero-order chi connectivity index (χ0) is 17.1. The molecule has 2 aromatic carbocycles. The number of benzene rings is 2. The van der Waals surface area contributed by atoms with Crippen molar-refractivity contribution in [3.8, 4) is 0 Å². The molecule has 24 heavy (non-hydrogen) atoms. The first-order valence-electron chi connectivity index (χ1n) is 7.66. The van der Waals surface area contributed by atoms with Crippen molar-refractivity contribution in [3.63, 3.8) is 0 Å². The van der Waals surface area contributed by atoms with Crippen LogP contribution in [-0.2, 0) is 11.3 Å². The third kappa shape index (κ3) is 3.30. The molecular weight excluding hydrogens is 326 g/mol. The standard InChI is InChI=1S/C19H18ClNO3/c1-12(13-6-5-7-14(20)10-13)21-19(22)18-16(11-23-2)15-8-3-4-9-17(15)24-18/h3-10,12H,11H2,1-2H3,(H,21,22). The van der Waals surface area contributed by atoms with Gasteiger partial charge in [-0.05, 0) is 30.7 Å². The number of hydrogen-bond donors (Lipinski definition) is 1. The average Bonchev–Trinajstić information content (AvgIpc) is 2.94. The molecule has 4 nitrogen and oxygen atoms in total. The Balaban J connectivity index is 1.89. The fourth-order valence-corrected chi connectivity index (χ4v) is 2.89. The first-order valence-corrected chi connectivity index (χ1v) is 8.03. The summed E-state index contributed by atoms with van der Waals surface area (Å²) in [6.07, 6.45) is 0. The minimum absolute atomic E-state index is 0.195. The molecule has 0 bridgehead atoms. The number of fused-ring (bicyclic) bond motifs is 1. The zero-order valence-corrected chi connectivity index (χ0v) is 14.3. The molecule has 1 heterocycles. The molecule has 0 radical (unpaired) electrons. The number of amides is 1. The molecule has 0 saturated heterocycles. The van der Waals surface area contributed by atoms with Crippen molar-refractivity contribution < 1.29 is 13.9 Å². The number of carbonyl (C=O) groups is 1. The monoisotopic (exact) mass is 343 g/mol. The fourth-order valence-electron chi connectivity index (χ4n) is 2.69. The van der Waals surface area contributed by atoms with Gasteiger partial charge in [-0.3, -0.25) is 4.79 Å². The molecule has 0 aliphatic carbocycles. The second kappa shape index (κ2) is 7.07. The molecule has 0 fully saturated rings. The van der Waals surface area contributed by atoms with Crippen LogP contribution >= 0.6 is 11.6 Å². The summed E-state index contributed by atoms with van der Waals surface area (Å²) in [5, 5.41) is 4.48. The van der Waals surface area contributed by atoms with E-state index in [9.17, 15) is 4.79 Å². The van der Waals surface area contributed by atoms with Gasteiger partial charge in [0.1, 0.15) is 5.58 Å². The average molecular weight is 344 g/mol. The maximum Gasteiger partial charge on any atom is 0.287 e. The summed E-state index contributed by atoms with van der Waals surface area (Å²) in [6, 6.07) is 14.8. The van der Waals surface area contributed by atoms with E-state index in [1.54, 1.807) is 13.2 Å². The molecule has 1 aromatic heterocycles. The van der Waals surface area contributed by atoms with E-state index in [4.69, 9.17) is 20.8 Å². The highest BCUT2D eigenvalue weighted by atomic mass is 35.5. The molecule has 1 atom stereocenters. The Morgan fingerprint density at radius 3 is 2.79 bits per heavy atom. The number of furan rings is 1. The molecule has 0 aliphatic rings. The highest BCUT2D eigenvalue weighted by Crippen LogP contribution is 2.27. The van der Waals surface area contributed by atoms with Crippen molar-refractivity contribution in [2.24, 2.45) is 0 Å². The van der Waals surface area contributed by atoms with Gasteiger partial charge in [0.15, 0.2) is 5.76 Å². The van der Waals surface area contributed by atoms with Gasteiger partial charge >= 0.3 is 0 Å². The Kier molecular flexibility index (Phi) is 4.88. The Morgan fingerprint density at radius 2 is 2.04 bits per heavy atom. The van der Waals surface area contributed by atoms with Gasteiger partial charge in [-0.2, -0.15) is 0 Å². The summed E-state index contributed by atoms with van der Waals surface area (Å²) < 4.78 is 11.0. The predicted octanol–water partition coefficient (Wildman–Crippen LogP) is 4.72. The number of ether oxygens (including phenoxy) is 1. The first kappa shape index (κ1) is 16.6. The smallest absolute Gasteiger partial charge is 0.287 e. The number of para-hydroxylation sites is 1. The SMILES string of the molecule is COCc1c(C(=O)NC(C)c2cccc(Cl)c2)oc2ccccc12. The second-order valence-electron chi connectivity index (χ2n) is 5.59. The van der Waals surface area contributed by atoms with E-state index in [1.807, 2.05) is 49.4 Å². The molecule has 0 spiro atoms. The van der Waals surface area contributed by atoms with Crippen LogP contribution in [0.2, 0.25) is 5.02 Å². The number of rotatable bonds is 5. The van der Waals surface area contributed by atoms with Gasteiger partial charge in [0.2, 0.25) is 0 Å². The number of hydrogen-bond acceptors (Lipinski definition) is 3. The quantitative estimate of drug-likeness (QED) is 0.729. The van der Waals surface area contributed by atoms with Crippen LogP contribution in [0.3, 0.4) is 0 Å². The van der Waals surface area contributed by atoms with E-state index in [-0.39, 0.29) is 17.7 Å². The Bertz CT molecular complexity index is 872. The number of methoxy groups -OCH3 is 1. The maximum absolute atomic E-state index is 12.7. The summed E-state index contributed by atoms with van der Waals surface area (Å²) in [4.78, 5) is 12.7. The lowest BCUT2D eigenvalue weighted by atomic mass is 10.1. The molecule has 0 aliphatic heterocycles. The molecule has 1 amide bonds. The summed E-state index contributed by atoms with van der Waals surface area (Å²) in [5.41, 5.74) is 2.36. The van der Waals surface area contributed by atoms with Gasteiger partial charge < -0.3 is 14.5 Å². The van der Waals surface area contributed by atoms with Crippen molar-refractivity contribution in [2.45, 2.75) is 19.6 Å². The van der Waals surface area contributed by atoms with Crippen LogP contribution < -0.4 is 5.32 Å². The Labute approximate surface area is 145 Å². The highest BCUT2D eigenvalue weighted by molar-refractivity contribution is 6.30.